The van der Waals surface area contributed by atoms with Crippen LogP contribution in [-0.4, -0.2) is 10.2 Å². The fourth-order valence-corrected chi connectivity index (χ4v) is 2.74. The van der Waals surface area contributed by atoms with Gasteiger partial charge < -0.3 is 10.2 Å². The number of aromatic hydroxyl groups is 2. The van der Waals surface area contributed by atoms with Crippen LogP contribution in [0.25, 0.3) is 22.3 Å². The second kappa shape index (κ2) is 5.57. The van der Waals surface area contributed by atoms with Gasteiger partial charge in [-0.25, -0.2) is 0 Å². The highest BCUT2D eigenvalue weighted by Gasteiger charge is 2.10. The molecule has 2 N–H and O–H groups in total. The van der Waals surface area contributed by atoms with E-state index in [9.17, 15) is 10.2 Å². The van der Waals surface area contributed by atoms with Gasteiger partial charge >= 0.3 is 0 Å². The molecule has 0 aliphatic heterocycles. The minimum Gasteiger partial charge on any atom is -0.508 e. The second-order valence-electron chi connectivity index (χ2n) is 5.55. The minimum atomic E-state index is 0.262. The largest absolute Gasteiger partial charge is 0.508 e. The summed E-state index contributed by atoms with van der Waals surface area (Å²) in [6.45, 7) is 3.82. The lowest BCUT2D eigenvalue weighted by Crippen LogP contribution is -1.88. The predicted molar refractivity (Wildman–Crippen MR) is 90.1 cm³/mol. The van der Waals surface area contributed by atoms with Crippen LogP contribution in [0.5, 0.6) is 11.5 Å². The van der Waals surface area contributed by atoms with E-state index in [1.807, 2.05) is 50.2 Å². The Balaban J connectivity index is 2.18. The zero-order valence-corrected chi connectivity index (χ0v) is 12.7. The Morgan fingerprint density at radius 1 is 0.636 bits per heavy atom. The number of hydrogen-bond acceptors (Lipinski definition) is 2. The van der Waals surface area contributed by atoms with Crippen molar-refractivity contribution in [1.29, 1.82) is 0 Å². The molecule has 0 atom stereocenters. The molecule has 2 nitrogen and oxygen atoms in total. The van der Waals surface area contributed by atoms with Gasteiger partial charge in [-0.3, -0.25) is 0 Å². The first-order valence-electron chi connectivity index (χ1n) is 7.25. The summed E-state index contributed by atoms with van der Waals surface area (Å²) in [6, 6.07) is 19.4. The zero-order valence-electron chi connectivity index (χ0n) is 12.7. The summed E-state index contributed by atoms with van der Waals surface area (Å²) in [7, 11) is 0. The highest BCUT2D eigenvalue weighted by molar-refractivity contribution is 5.84. The van der Waals surface area contributed by atoms with Crippen LogP contribution in [0, 0.1) is 13.8 Å². The fraction of sp³-hybridized carbons (Fsp3) is 0.100. The van der Waals surface area contributed by atoms with Crippen LogP contribution in [0.3, 0.4) is 0 Å². The van der Waals surface area contributed by atoms with E-state index in [0.717, 1.165) is 33.4 Å². The van der Waals surface area contributed by atoms with E-state index in [0.29, 0.717) is 5.75 Å². The van der Waals surface area contributed by atoms with E-state index in [4.69, 9.17) is 0 Å². The van der Waals surface area contributed by atoms with E-state index >= 15 is 0 Å². The molecule has 0 radical (unpaired) electrons. The number of phenolic OH excluding ortho intramolecular Hbond substituents is 2. The summed E-state index contributed by atoms with van der Waals surface area (Å²) < 4.78 is 0. The number of rotatable bonds is 2. The normalized spacial score (nSPS) is 10.6. The molecule has 22 heavy (non-hydrogen) atoms. The molecule has 2 heteroatoms. The molecular formula is C20H18O2. The van der Waals surface area contributed by atoms with Crippen LogP contribution in [0.4, 0.5) is 0 Å². The predicted octanol–water partition coefficient (Wildman–Crippen LogP) is 5.05. The van der Waals surface area contributed by atoms with Crippen LogP contribution in [0.15, 0.2) is 60.7 Å². The maximum absolute atomic E-state index is 9.97. The SMILES string of the molecule is Cc1cc(-c2ccccc2-c2ccc(O)cc2)cc(C)c1O. The summed E-state index contributed by atoms with van der Waals surface area (Å²) >= 11 is 0. The van der Waals surface area contributed by atoms with E-state index in [1.54, 1.807) is 12.1 Å². The van der Waals surface area contributed by atoms with E-state index in [1.165, 1.54) is 0 Å². The van der Waals surface area contributed by atoms with Crippen LogP contribution in [0.1, 0.15) is 11.1 Å². The molecule has 0 heterocycles. The van der Waals surface area contributed by atoms with Gasteiger partial charge in [-0.15, -0.1) is 0 Å². The third-order valence-corrected chi connectivity index (χ3v) is 3.91. The Labute approximate surface area is 130 Å². The van der Waals surface area contributed by atoms with E-state index in [-0.39, 0.29) is 5.75 Å². The summed E-state index contributed by atoms with van der Waals surface area (Å²) in [5.41, 5.74) is 6.09. The van der Waals surface area contributed by atoms with Crippen molar-refractivity contribution in [3.8, 4) is 33.8 Å². The minimum absolute atomic E-state index is 0.262. The van der Waals surface area contributed by atoms with Crippen LogP contribution in [-0.2, 0) is 0 Å². The second-order valence-corrected chi connectivity index (χ2v) is 5.55. The van der Waals surface area contributed by atoms with Gasteiger partial charge in [0.25, 0.3) is 0 Å². The number of hydrogen-bond donors (Lipinski definition) is 2. The molecule has 0 bridgehead atoms. The first-order valence-corrected chi connectivity index (χ1v) is 7.25. The van der Waals surface area contributed by atoms with Crippen molar-refractivity contribution in [3.05, 3.63) is 71.8 Å². The van der Waals surface area contributed by atoms with Gasteiger partial charge in [-0.2, -0.15) is 0 Å². The topological polar surface area (TPSA) is 40.5 Å². The van der Waals surface area contributed by atoms with Crippen molar-refractivity contribution in [1.82, 2.24) is 0 Å². The van der Waals surface area contributed by atoms with E-state index < -0.39 is 0 Å². The molecule has 0 saturated carbocycles. The highest BCUT2D eigenvalue weighted by Crippen LogP contribution is 2.35. The van der Waals surface area contributed by atoms with Crippen molar-refractivity contribution >= 4 is 0 Å². The molecule has 0 aliphatic carbocycles. The first-order chi connectivity index (χ1) is 10.6. The number of phenols is 2. The van der Waals surface area contributed by atoms with Crippen molar-refractivity contribution < 1.29 is 10.2 Å². The average Bonchev–Trinajstić information content (AvgIpc) is 2.53. The molecule has 0 aromatic heterocycles. The first kappa shape index (κ1) is 14.2. The Morgan fingerprint density at radius 3 is 1.68 bits per heavy atom. The van der Waals surface area contributed by atoms with Crippen LogP contribution >= 0.6 is 0 Å². The van der Waals surface area contributed by atoms with Gasteiger partial charge in [0.05, 0.1) is 0 Å². The van der Waals surface area contributed by atoms with Crippen molar-refractivity contribution in [2.75, 3.05) is 0 Å². The van der Waals surface area contributed by atoms with Gasteiger partial charge in [-0.1, -0.05) is 36.4 Å². The third-order valence-electron chi connectivity index (χ3n) is 3.91. The molecule has 0 unspecified atom stereocenters. The van der Waals surface area contributed by atoms with Crippen LogP contribution < -0.4 is 0 Å². The monoisotopic (exact) mass is 290 g/mol. The summed E-state index contributed by atoms with van der Waals surface area (Å²) in [6.07, 6.45) is 0. The van der Waals surface area contributed by atoms with Crippen molar-refractivity contribution in [2.45, 2.75) is 13.8 Å². The maximum Gasteiger partial charge on any atom is 0.121 e. The van der Waals surface area contributed by atoms with Crippen molar-refractivity contribution in [3.63, 3.8) is 0 Å². The smallest absolute Gasteiger partial charge is 0.121 e. The molecule has 3 rings (SSSR count). The van der Waals surface area contributed by atoms with Gasteiger partial charge in [0.15, 0.2) is 0 Å². The molecular weight excluding hydrogens is 272 g/mol. The lowest BCUT2D eigenvalue weighted by Gasteiger charge is -2.13. The van der Waals surface area contributed by atoms with Crippen molar-refractivity contribution in [2.24, 2.45) is 0 Å². The molecule has 0 saturated heterocycles. The molecule has 3 aromatic rings. The van der Waals surface area contributed by atoms with Gasteiger partial charge in [0.1, 0.15) is 11.5 Å². The van der Waals surface area contributed by atoms with Gasteiger partial charge in [-0.05, 0) is 71.5 Å². The average molecular weight is 290 g/mol. The summed E-state index contributed by atoms with van der Waals surface area (Å²) in [4.78, 5) is 0. The quantitative estimate of drug-likeness (QED) is 0.693. The number of benzene rings is 3. The summed E-state index contributed by atoms with van der Waals surface area (Å²) in [5, 5.41) is 19.4. The lowest BCUT2D eigenvalue weighted by molar-refractivity contribution is 0.467. The highest BCUT2D eigenvalue weighted by atomic mass is 16.3. The van der Waals surface area contributed by atoms with Crippen LogP contribution in [0.2, 0.25) is 0 Å². The maximum atomic E-state index is 9.97. The standard InChI is InChI=1S/C20H18O2/c1-13-11-16(12-14(2)20(13)22)19-6-4-3-5-18(19)15-7-9-17(21)10-8-15/h3-12,21-22H,1-2H3. The molecule has 0 aliphatic rings. The fourth-order valence-electron chi connectivity index (χ4n) is 2.74. The van der Waals surface area contributed by atoms with E-state index in [2.05, 4.69) is 12.1 Å². The molecule has 0 fully saturated rings. The molecule has 0 amide bonds. The Hall–Kier alpha value is -2.74. The Bertz CT molecular complexity index is 794. The van der Waals surface area contributed by atoms with Gasteiger partial charge in [0.2, 0.25) is 0 Å². The third kappa shape index (κ3) is 2.56. The lowest BCUT2D eigenvalue weighted by atomic mass is 9.92. The molecule has 110 valence electrons. The summed E-state index contributed by atoms with van der Waals surface area (Å²) in [5.74, 6) is 0.614. The van der Waals surface area contributed by atoms with Gasteiger partial charge in [0, 0.05) is 0 Å². The number of aryl methyl sites for hydroxylation is 2. The Morgan fingerprint density at radius 2 is 1.14 bits per heavy atom. The molecule has 0 spiro atoms. The Kier molecular flexibility index (Phi) is 3.60. The zero-order chi connectivity index (χ0) is 15.7. The molecule has 3 aromatic carbocycles.